The minimum Gasteiger partial charge on any atom is -0.456 e. The van der Waals surface area contributed by atoms with Gasteiger partial charge in [0.15, 0.2) is 0 Å². The fourth-order valence-electron chi connectivity index (χ4n) is 2.30. The van der Waals surface area contributed by atoms with Gasteiger partial charge in [-0.1, -0.05) is 0 Å². The average Bonchev–Trinajstić information content (AvgIpc) is 2.85. The molecular formula is C16H23NO3. The molecule has 0 aliphatic carbocycles. The number of anilines is 1. The maximum atomic E-state index is 11.9. The summed E-state index contributed by atoms with van der Waals surface area (Å²) in [6.07, 6.45) is 1.35. The van der Waals surface area contributed by atoms with Crippen LogP contribution in [0.25, 0.3) is 0 Å². The average molecular weight is 277 g/mol. The number of carbonyl (C=O) groups is 1. The van der Waals surface area contributed by atoms with Gasteiger partial charge >= 0.3 is 5.97 Å². The lowest BCUT2D eigenvalue weighted by Gasteiger charge is -2.21. The van der Waals surface area contributed by atoms with E-state index < -0.39 is 5.60 Å². The summed E-state index contributed by atoms with van der Waals surface area (Å²) in [5, 5.41) is 0. The van der Waals surface area contributed by atoms with Crippen LogP contribution in [0.15, 0.2) is 24.3 Å². The van der Waals surface area contributed by atoms with Crippen molar-refractivity contribution in [2.45, 2.75) is 38.9 Å². The largest absolute Gasteiger partial charge is 0.456 e. The highest BCUT2D eigenvalue weighted by molar-refractivity contribution is 5.90. The fourth-order valence-corrected chi connectivity index (χ4v) is 2.30. The van der Waals surface area contributed by atoms with Gasteiger partial charge in [0, 0.05) is 25.9 Å². The molecule has 1 aromatic rings. The molecule has 1 aliphatic heterocycles. The van der Waals surface area contributed by atoms with Gasteiger partial charge in [0.25, 0.3) is 0 Å². The molecular weight excluding hydrogens is 254 g/mol. The monoisotopic (exact) mass is 277 g/mol. The Bertz CT molecular complexity index is 462. The number of carbonyl (C=O) groups excluding carboxylic acids is 1. The minimum absolute atomic E-state index is 0.278. The van der Waals surface area contributed by atoms with E-state index in [9.17, 15) is 4.79 Å². The van der Waals surface area contributed by atoms with E-state index in [4.69, 9.17) is 9.47 Å². The maximum Gasteiger partial charge on any atom is 0.338 e. The standard InChI is InChI=1S/C16H23NO3/c1-16(2,3)20-15(18)12-5-7-13(8-6-12)17-10-9-14(11-17)19-4/h5-8,14H,9-11H2,1-4H3/t14-/m1/s1. The Morgan fingerprint density at radius 2 is 1.90 bits per heavy atom. The summed E-state index contributed by atoms with van der Waals surface area (Å²) in [6.45, 7) is 7.50. The first-order chi connectivity index (χ1) is 9.39. The summed E-state index contributed by atoms with van der Waals surface area (Å²) in [6, 6.07) is 7.58. The van der Waals surface area contributed by atoms with Crippen molar-refractivity contribution in [2.24, 2.45) is 0 Å². The second-order valence-electron chi connectivity index (χ2n) is 6.14. The third kappa shape index (κ3) is 3.73. The molecule has 0 amide bonds. The summed E-state index contributed by atoms with van der Waals surface area (Å²) in [5.74, 6) is -0.278. The second-order valence-corrected chi connectivity index (χ2v) is 6.14. The number of rotatable bonds is 3. The molecule has 1 fully saturated rings. The van der Waals surface area contributed by atoms with Crippen LogP contribution in [-0.4, -0.2) is 37.9 Å². The second kappa shape index (κ2) is 5.83. The van der Waals surface area contributed by atoms with Crippen molar-refractivity contribution >= 4 is 11.7 Å². The Labute approximate surface area is 120 Å². The molecule has 1 saturated heterocycles. The number of nitrogens with zero attached hydrogens (tertiary/aromatic N) is 1. The van der Waals surface area contributed by atoms with Gasteiger partial charge in [-0.15, -0.1) is 0 Å². The maximum absolute atomic E-state index is 11.9. The van der Waals surface area contributed by atoms with Crippen molar-refractivity contribution in [3.63, 3.8) is 0 Å². The van der Waals surface area contributed by atoms with Crippen molar-refractivity contribution < 1.29 is 14.3 Å². The van der Waals surface area contributed by atoms with E-state index >= 15 is 0 Å². The molecule has 1 heterocycles. The Kier molecular flexibility index (Phi) is 4.33. The van der Waals surface area contributed by atoms with E-state index in [-0.39, 0.29) is 5.97 Å². The topological polar surface area (TPSA) is 38.8 Å². The molecule has 4 nitrogen and oxygen atoms in total. The molecule has 0 saturated carbocycles. The molecule has 1 atom stereocenters. The number of methoxy groups -OCH3 is 1. The Balaban J connectivity index is 2.02. The molecule has 0 radical (unpaired) electrons. The first-order valence-electron chi connectivity index (χ1n) is 7.00. The van der Waals surface area contributed by atoms with Gasteiger partial charge in [-0.05, 0) is 51.5 Å². The predicted molar refractivity (Wildman–Crippen MR) is 79.2 cm³/mol. The minimum atomic E-state index is -0.462. The number of hydrogen-bond acceptors (Lipinski definition) is 4. The van der Waals surface area contributed by atoms with Gasteiger partial charge < -0.3 is 14.4 Å². The number of benzene rings is 1. The lowest BCUT2D eigenvalue weighted by Crippen LogP contribution is -2.24. The normalized spacial score (nSPS) is 19.2. The van der Waals surface area contributed by atoms with Crippen LogP contribution < -0.4 is 4.90 Å². The Morgan fingerprint density at radius 3 is 2.40 bits per heavy atom. The summed E-state index contributed by atoms with van der Waals surface area (Å²) in [4.78, 5) is 14.2. The number of ether oxygens (including phenoxy) is 2. The van der Waals surface area contributed by atoms with Gasteiger partial charge in [-0.3, -0.25) is 0 Å². The smallest absolute Gasteiger partial charge is 0.338 e. The summed E-state index contributed by atoms with van der Waals surface area (Å²) < 4.78 is 10.7. The highest BCUT2D eigenvalue weighted by Crippen LogP contribution is 2.22. The highest BCUT2D eigenvalue weighted by Gasteiger charge is 2.23. The molecule has 4 heteroatoms. The van der Waals surface area contributed by atoms with Gasteiger partial charge in [-0.2, -0.15) is 0 Å². The zero-order chi connectivity index (χ0) is 14.8. The van der Waals surface area contributed by atoms with E-state index in [1.165, 1.54) is 0 Å². The van der Waals surface area contributed by atoms with Gasteiger partial charge in [0.05, 0.1) is 11.7 Å². The van der Waals surface area contributed by atoms with Crippen molar-refractivity contribution in [3.8, 4) is 0 Å². The molecule has 20 heavy (non-hydrogen) atoms. The molecule has 0 unspecified atom stereocenters. The molecule has 1 aromatic carbocycles. The van der Waals surface area contributed by atoms with Crippen LogP contribution in [0, 0.1) is 0 Å². The first-order valence-corrected chi connectivity index (χ1v) is 7.00. The third-order valence-electron chi connectivity index (χ3n) is 3.35. The third-order valence-corrected chi connectivity index (χ3v) is 3.35. The van der Waals surface area contributed by atoms with Gasteiger partial charge in [0.1, 0.15) is 5.60 Å². The lowest BCUT2D eigenvalue weighted by atomic mass is 10.1. The van der Waals surface area contributed by atoms with Crippen molar-refractivity contribution in [1.29, 1.82) is 0 Å². The molecule has 110 valence electrons. The van der Waals surface area contributed by atoms with Crippen LogP contribution in [0.2, 0.25) is 0 Å². The zero-order valence-corrected chi connectivity index (χ0v) is 12.7. The SMILES string of the molecule is CO[C@@H]1CCN(c2ccc(C(=O)OC(C)(C)C)cc2)C1. The van der Waals surface area contributed by atoms with E-state index in [0.717, 1.165) is 25.2 Å². The van der Waals surface area contributed by atoms with E-state index in [1.807, 2.05) is 45.0 Å². The van der Waals surface area contributed by atoms with Gasteiger partial charge in [-0.25, -0.2) is 4.79 Å². The Morgan fingerprint density at radius 1 is 1.25 bits per heavy atom. The van der Waals surface area contributed by atoms with Crippen molar-refractivity contribution in [2.75, 3.05) is 25.1 Å². The zero-order valence-electron chi connectivity index (χ0n) is 12.7. The highest BCUT2D eigenvalue weighted by atomic mass is 16.6. The van der Waals surface area contributed by atoms with Crippen LogP contribution in [0.1, 0.15) is 37.6 Å². The Hall–Kier alpha value is -1.55. The van der Waals surface area contributed by atoms with Crippen LogP contribution in [-0.2, 0) is 9.47 Å². The molecule has 0 N–H and O–H groups in total. The van der Waals surface area contributed by atoms with Crippen molar-refractivity contribution in [3.05, 3.63) is 29.8 Å². The lowest BCUT2D eigenvalue weighted by molar-refractivity contribution is 0.00695. The molecule has 1 aliphatic rings. The molecule has 0 bridgehead atoms. The molecule has 0 aromatic heterocycles. The summed E-state index contributed by atoms with van der Waals surface area (Å²) >= 11 is 0. The predicted octanol–water partition coefficient (Wildman–Crippen LogP) is 2.87. The van der Waals surface area contributed by atoms with E-state index in [0.29, 0.717) is 11.7 Å². The van der Waals surface area contributed by atoms with E-state index in [1.54, 1.807) is 7.11 Å². The quantitative estimate of drug-likeness (QED) is 0.796. The first kappa shape index (κ1) is 14.9. The van der Waals surface area contributed by atoms with Crippen LogP contribution in [0.4, 0.5) is 5.69 Å². The summed E-state index contributed by atoms with van der Waals surface area (Å²) in [7, 11) is 1.75. The number of esters is 1. The fraction of sp³-hybridized carbons (Fsp3) is 0.562. The van der Waals surface area contributed by atoms with E-state index in [2.05, 4.69) is 4.90 Å². The molecule has 2 rings (SSSR count). The van der Waals surface area contributed by atoms with Crippen molar-refractivity contribution in [1.82, 2.24) is 0 Å². The van der Waals surface area contributed by atoms with Crippen LogP contribution in [0.3, 0.4) is 0 Å². The molecule has 0 spiro atoms. The van der Waals surface area contributed by atoms with Gasteiger partial charge in [0.2, 0.25) is 0 Å². The van der Waals surface area contributed by atoms with Crippen LogP contribution in [0.5, 0.6) is 0 Å². The van der Waals surface area contributed by atoms with Crippen LogP contribution >= 0.6 is 0 Å². The number of hydrogen-bond donors (Lipinski definition) is 0. The summed E-state index contributed by atoms with van der Waals surface area (Å²) in [5.41, 5.74) is 1.25.